The van der Waals surface area contributed by atoms with E-state index in [1.165, 1.54) is 20.0 Å². The van der Waals surface area contributed by atoms with Gasteiger partial charge in [0.1, 0.15) is 0 Å². The molecule has 4 heteroatoms. The summed E-state index contributed by atoms with van der Waals surface area (Å²) in [5.41, 5.74) is 0. The van der Waals surface area contributed by atoms with E-state index in [0.717, 1.165) is 12.3 Å². The first kappa shape index (κ1) is 13.8. The molecule has 0 aromatic rings. The van der Waals surface area contributed by atoms with Crippen LogP contribution in [-0.4, -0.2) is 37.2 Å². The number of hydrogen-bond donors (Lipinski definition) is 1. The number of rotatable bonds is 8. The average Bonchev–Trinajstić information content (AvgIpc) is 2.18. The Hall–Kier alpha value is -0.220. The summed E-state index contributed by atoms with van der Waals surface area (Å²) >= 11 is 1.64. The first-order valence-corrected chi connectivity index (χ1v) is 6.28. The predicted octanol–water partition coefficient (Wildman–Crippen LogP) is 1.67. The second kappa shape index (κ2) is 9.34. The third kappa shape index (κ3) is 7.21. The van der Waals surface area contributed by atoms with Gasteiger partial charge in [-0.1, -0.05) is 20.3 Å². The Morgan fingerprint density at radius 2 is 2.21 bits per heavy atom. The fraction of sp³-hybridized carbons (Fsp3) is 0.900. The van der Waals surface area contributed by atoms with Gasteiger partial charge < -0.3 is 10.1 Å². The fourth-order valence-electron chi connectivity index (χ4n) is 1.22. The van der Waals surface area contributed by atoms with Crippen LogP contribution in [0.2, 0.25) is 0 Å². The minimum atomic E-state index is -0.137. The molecule has 0 rings (SSSR count). The molecule has 0 aromatic heterocycles. The van der Waals surface area contributed by atoms with Crippen LogP contribution in [0.25, 0.3) is 0 Å². The molecule has 0 spiro atoms. The predicted molar refractivity (Wildman–Crippen MR) is 61.7 cm³/mol. The van der Waals surface area contributed by atoms with Crippen molar-refractivity contribution in [1.82, 2.24) is 5.32 Å². The normalized spacial score (nSPS) is 12.5. The lowest BCUT2D eigenvalue weighted by Gasteiger charge is -2.15. The Bertz CT molecular complexity index is 147. The van der Waals surface area contributed by atoms with E-state index < -0.39 is 0 Å². The summed E-state index contributed by atoms with van der Waals surface area (Å²) in [5.74, 6) is 1.31. The molecule has 0 heterocycles. The average molecular weight is 219 g/mol. The van der Waals surface area contributed by atoms with Gasteiger partial charge in [0.2, 0.25) is 0 Å². The number of methoxy groups -OCH3 is 1. The molecule has 3 nitrogen and oxygen atoms in total. The van der Waals surface area contributed by atoms with Gasteiger partial charge in [-0.25, -0.2) is 0 Å². The highest BCUT2D eigenvalue weighted by atomic mass is 32.2. The molecule has 0 aliphatic heterocycles. The number of esters is 1. The highest BCUT2D eigenvalue weighted by Crippen LogP contribution is 2.07. The van der Waals surface area contributed by atoms with E-state index >= 15 is 0 Å². The standard InChI is InChI=1S/C10H21NO2S/c1-4-6-9(11-5-2)7-14-8-10(12)13-3/h9,11H,4-8H2,1-3H3. The maximum absolute atomic E-state index is 10.8. The van der Waals surface area contributed by atoms with E-state index in [2.05, 4.69) is 23.9 Å². The summed E-state index contributed by atoms with van der Waals surface area (Å²) in [7, 11) is 1.43. The molecule has 0 fully saturated rings. The van der Waals surface area contributed by atoms with Gasteiger partial charge in [0, 0.05) is 11.8 Å². The van der Waals surface area contributed by atoms with Gasteiger partial charge in [-0.05, 0) is 13.0 Å². The quantitative estimate of drug-likeness (QED) is 0.630. The van der Waals surface area contributed by atoms with E-state index in [-0.39, 0.29) is 5.97 Å². The molecule has 0 aliphatic rings. The zero-order chi connectivity index (χ0) is 10.8. The maximum atomic E-state index is 10.8. The van der Waals surface area contributed by atoms with Crippen molar-refractivity contribution in [1.29, 1.82) is 0 Å². The number of hydrogen-bond acceptors (Lipinski definition) is 4. The van der Waals surface area contributed by atoms with Crippen molar-refractivity contribution < 1.29 is 9.53 Å². The van der Waals surface area contributed by atoms with Gasteiger partial charge >= 0.3 is 5.97 Å². The summed E-state index contributed by atoms with van der Waals surface area (Å²) in [6.07, 6.45) is 2.35. The molecule has 0 amide bonds. The monoisotopic (exact) mass is 219 g/mol. The Morgan fingerprint density at radius 1 is 1.50 bits per heavy atom. The van der Waals surface area contributed by atoms with Crippen molar-refractivity contribution in [2.45, 2.75) is 32.7 Å². The highest BCUT2D eigenvalue weighted by Gasteiger charge is 2.07. The molecule has 0 saturated heterocycles. The molecule has 0 saturated carbocycles. The molecule has 0 aliphatic carbocycles. The summed E-state index contributed by atoms with van der Waals surface area (Å²) < 4.78 is 4.57. The number of ether oxygens (including phenoxy) is 1. The number of carbonyl (C=O) groups is 1. The molecule has 1 N–H and O–H groups in total. The highest BCUT2D eigenvalue weighted by molar-refractivity contribution is 7.99. The summed E-state index contributed by atoms with van der Waals surface area (Å²) in [4.78, 5) is 10.8. The van der Waals surface area contributed by atoms with Crippen LogP contribution in [0.15, 0.2) is 0 Å². The van der Waals surface area contributed by atoms with Crippen LogP contribution >= 0.6 is 11.8 Å². The van der Waals surface area contributed by atoms with Crippen LogP contribution in [0, 0.1) is 0 Å². The maximum Gasteiger partial charge on any atom is 0.315 e. The summed E-state index contributed by atoms with van der Waals surface area (Å²) in [5, 5.41) is 3.40. The van der Waals surface area contributed by atoms with Crippen LogP contribution in [0.3, 0.4) is 0 Å². The van der Waals surface area contributed by atoms with Gasteiger partial charge in [0.05, 0.1) is 12.9 Å². The van der Waals surface area contributed by atoms with Gasteiger partial charge in [0.15, 0.2) is 0 Å². The van der Waals surface area contributed by atoms with Crippen molar-refractivity contribution in [3.05, 3.63) is 0 Å². The van der Waals surface area contributed by atoms with Crippen LogP contribution < -0.4 is 5.32 Å². The molecule has 1 unspecified atom stereocenters. The largest absolute Gasteiger partial charge is 0.468 e. The molecule has 0 radical (unpaired) electrons. The van der Waals surface area contributed by atoms with E-state index in [1.807, 2.05) is 0 Å². The van der Waals surface area contributed by atoms with Gasteiger partial charge in [-0.2, -0.15) is 0 Å². The van der Waals surface area contributed by atoms with Crippen molar-refractivity contribution in [2.75, 3.05) is 25.2 Å². The first-order chi connectivity index (χ1) is 6.74. The molecular formula is C10H21NO2S. The lowest BCUT2D eigenvalue weighted by atomic mass is 10.2. The van der Waals surface area contributed by atoms with Crippen LogP contribution in [0.4, 0.5) is 0 Å². The smallest absolute Gasteiger partial charge is 0.315 e. The molecule has 1 atom stereocenters. The van der Waals surface area contributed by atoms with Crippen molar-refractivity contribution in [3.63, 3.8) is 0 Å². The minimum absolute atomic E-state index is 0.137. The fourth-order valence-corrected chi connectivity index (χ4v) is 2.20. The Kier molecular flexibility index (Phi) is 9.19. The van der Waals surface area contributed by atoms with Crippen molar-refractivity contribution in [3.8, 4) is 0 Å². The van der Waals surface area contributed by atoms with Crippen LogP contribution in [0.1, 0.15) is 26.7 Å². The van der Waals surface area contributed by atoms with E-state index in [0.29, 0.717) is 11.8 Å². The van der Waals surface area contributed by atoms with Crippen LogP contribution in [-0.2, 0) is 9.53 Å². The Balaban J connectivity index is 3.54. The third-order valence-electron chi connectivity index (χ3n) is 1.90. The second-order valence-electron chi connectivity index (χ2n) is 3.13. The number of carbonyl (C=O) groups excluding carboxylic acids is 1. The molecular weight excluding hydrogens is 198 g/mol. The number of nitrogens with one attached hydrogen (secondary N) is 1. The van der Waals surface area contributed by atoms with Gasteiger partial charge in [-0.15, -0.1) is 11.8 Å². The molecule has 84 valence electrons. The topological polar surface area (TPSA) is 38.3 Å². The SMILES string of the molecule is CCCC(CSCC(=O)OC)NCC. The van der Waals surface area contributed by atoms with E-state index in [4.69, 9.17) is 0 Å². The Labute approximate surface area is 91.0 Å². The molecule has 0 bridgehead atoms. The molecule has 14 heavy (non-hydrogen) atoms. The zero-order valence-corrected chi connectivity index (χ0v) is 10.2. The van der Waals surface area contributed by atoms with Gasteiger partial charge in [0.25, 0.3) is 0 Å². The summed E-state index contributed by atoms with van der Waals surface area (Å²) in [6.45, 7) is 5.27. The second-order valence-corrected chi connectivity index (χ2v) is 4.16. The van der Waals surface area contributed by atoms with Crippen molar-refractivity contribution >= 4 is 17.7 Å². The van der Waals surface area contributed by atoms with Crippen molar-refractivity contribution in [2.24, 2.45) is 0 Å². The van der Waals surface area contributed by atoms with Gasteiger partial charge in [-0.3, -0.25) is 4.79 Å². The van der Waals surface area contributed by atoms with E-state index in [9.17, 15) is 4.79 Å². The minimum Gasteiger partial charge on any atom is -0.468 e. The Morgan fingerprint density at radius 3 is 2.71 bits per heavy atom. The summed E-state index contributed by atoms with van der Waals surface area (Å²) in [6, 6.07) is 0.527. The molecule has 0 aromatic carbocycles. The van der Waals surface area contributed by atoms with Crippen LogP contribution in [0.5, 0.6) is 0 Å². The first-order valence-electron chi connectivity index (χ1n) is 5.12. The third-order valence-corrected chi connectivity index (χ3v) is 2.97. The lowest BCUT2D eigenvalue weighted by Crippen LogP contribution is -2.31. The number of thioether (sulfide) groups is 1. The van der Waals surface area contributed by atoms with E-state index in [1.54, 1.807) is 11.8 Å². The lowest BCUT2D eigenvalue weighted by molar-refractivity contribution is -0.137. The zero-order valence-electron chi connectivity index (χ0n) is 9.34.